The van der Waals surface area contributed by atoms with Gasteiger partial charge in [0, 0.05) is 13.0 Å². The summed E-state index contributed by atoms with van der Waals surface area (Å²) in [6, 6.07) is 8.91. The van der Waals surface area contributed by atoms with Crippen molar-refractivity contribution in [2.24, 2.45) is 5.41 Å². The average Bonchev–Trinajstić information content (AvgIpc) is 2.67. The van der Waals surface area contributed by atoms with Crippen LogP contribution in [0.15, 0.2) is 36.4 Å². The number of hydrogen-bond acceptors (Lipinski definition) is 5. The molecule has 0 fully saturated rings. The van der Waals surface area contributed by atoms with Gasteiger partial charge in [0.15, 0.2) is 5.78 Å². The standard InChI is InChI=1S/C26H32F3NO5/c1-24(2,3)13-19(31)18-11-12-20(21(22(18)32)26(27,28)29)34-15-17-9-7-16(8-10-17)14-30-23(33)35-25(4,5)6/h7-12,32H,13-15H2,1-6H3,(H,30,33). The molecule has 0 bridgehead atoms. The molecular formula is C26H32F3NO5. The molecule has 0 aliphatic rings. The lowest BCUT2D eigenvalue weighted by Gasteiger charge is -2.20. The van der Waals surface area contributed by atoms with Gasteiger partial charge in [-0.2, -0.15) is 13.2 Å². The first-order valence-electron chi connectivity index (χ1n) is 11.1. The Bertz CT molecular complexity index is 1050. The number of phenols is 1. The molecule has 0 aromatic heterocycles. The summed E-state index contributed by atoms with van der Waals surface area (Å²) in [4.78, 5) is 24.2. The molecule has 0 spiro atoms. The van der Waals surface area contributed by atoms with E-state index in [0.717, 1.165) is 17.7 Å². The number of halogens is 3. The molecule has 0 aliphatic heterocycles. The van der Waals surface area contributed by atoms with Gasteiger partial charge in [0.05, 0.1) is 5.56 Å². The smallest absolute Gasteiger partial charge is 0.423 e. The maximum Gasteiger partial charge on any atom is 0.423 e. The molecule has 2 N–H and O–H groups in total. The molecule has 6 nitrogen and oxygen atoms in total. The first-order valence-corrected chi connectivity index (χ1v) is 11.1. The van der Waals surface area contributed by atoms with Crippen LogP contribution in [0.5, 0.6) is 11.5 Å². The maximum absolute atomic E-state index is 13.7. The minimum absolute atomic E-state index is 0.0206. The van der Waals surface area contributed by atoms with Gasteiger partial charge in [0.25, 0.3) is 0 Å². The van der Waals surface area contributed by atoms with Crippen molar-refractivity contribution in [2.45, 2.75) is 72.9 Å². The van der Waals surface area contributed by atoms with Gasteiger partial charge in [-0.05, 0) is 49.4 Å². The average molecular weight is 496 g/mol. The Balaban J connectivity index is 2.12. The molecule has 192 valence electrons. The number of alkyl halides is 3. The van der Waals surface area contributed by atoms with Crippen molar-refractivity contribution in [3.8, 4) is 11.5 Å². The highest BCUT2D eigenvalue weighted by atomic mass is 19.4. The second kappa shape index (κ2) is 10.6. The minimum atomic E-state index is -4.92. The predicted molar refractivity (Wildman–Crippen MR) is 125 cm³/mol. The second-order valence-electron chi connectivity index (χ2n) is 10.5. The molecular weight excluding hydrogens is 463 g/mol. The maximum atomic E-state index is 13.7. The predicted octanol–water partition coefficient (Wildman–Crippen LogP) is 6.63. The fraction of sp³-hybridized carbons (Fsp3) is 0.462. The van der Waals surface area contributed by atoms with Gasteiger partial charge in [0.1, 0.15) is 29.3 Å². The van der Waals surface area contributed by atoms with Crippen molar-refractivity contribution in [3.05, 3.63) is 58.7 Å². The zero-order valence-electron chi connectivity index (χ0n) is 20.8. The number of ketones is 1. The number of carbonyl (C=O) groups excluding carboxylic acids is 2. The van der Waals surface area contributed by atoms with Crippen molar-refractivity contribution in [1.29, 1.82) is 0 Å². The Labute approximate surface area is 203 Å². The number of phenolic OH excluding ortho intramolecular Hbond substituents is 1. The summed E-state index contributed by atoms with van der Waals surface area (Å²) >= 11 is 0. The fourth-order valence-corrected chi connectivity index (χ4v) is 3.17. The number of nitrogens with one attached hydrogen (secondary N) is 1. The Hall–Kier alpha value is -3.23. The highest BCUT2D eigenvalue weighted by Gasteiger charge is 2.40. The first-order chi connectivity index (χ1) is 16.0. The summed E-state index contributed by atoms with van der Waals surface area (Å²) in [7, 11) is 0. The Morgan fingerprint density at radius 2 is 1.49 bits per heavy atom. The Morgan fingerprint density at radius 3 is 2.00 bits per heavy atom. The zero-order valence-corrected chi connectivity index (χ0v) is 20.8. The Morgan fingerprint density at radius 1 is 0.914 bits per heavy atom. The van der Waals surface area contributed by atoms with Crippen LogP contribution in [0.2, 0.25) is 0 Å². The zero-order chi connectivity index (χ0) is 26.6. The van der Waals surface area contributed by atoms with Gasteiger partial charge >= 0.3 is 12.3 Å². The summed E-state index contributed by atoms with van der Waals surface area (Å²) in [5.41, 5.74) is -1.50. The van der Waals surface area contributed by atoms with Crippen LogP contribution < -0.4 is 10.1 Å². The molecule has 2 rings (SSSR count). The Kier molecular flexibility index (Phi) is 8.47. The van der Waals surface area contributed by atoms with E-state index in [4.69, 9.17) is 9.47 Å². The van der Waals surface area contributed by atoms with E-state index < -0.39 is 46.1 Å². The summed E-state index contributed by atoms with van der Waals surface area (Å²) in [5, 5.41) is 12.9. The van der Waals surface area contributed by atoms with Crippen LogP contribution in [0, 0.1) is 5.41 Å². The highest BCUT2D eigenvalue weighted by molar-refractivity contribution is 5.99. The monoisotopic (exact) mass is 495 g/mol. The number of Topliss-reactive ketones (excluding diaryl/α,β-unsaturated/α-hetero) is 1. The van der Waals surface area contributed by atoms with Crippen LogP contribution in [0.1, 0.15) is 75.0 Å². The third-order valence-corrected chi connectivity index (χ3v) is 4.67. The molecule has 2 aromatic rings. The number of rotatable bonds is 7. The molecule has 0 saturated heterocycles. The lowest BCUT2D eigenvalue weighted by molar-refractivity contribution is -0.140. The van der Waals surface area contributed by atoms with Gasteiger partial charge < -0.3 is 19.9 Å². The van der Waals surface area contributed by atoms with Crippen LogP contribution >= 0.6 is 0 Å². The number of aromatic hydroxyl groups is 1. The molecule has 0 heterocycles. The number of hydrogen-bond donors (Lipinski definition) is 2. The van der Waals surface area contributed by atoms with Gasteiger partial charge in [-0.1, -0.05) is 45.0 Å². The molecule has 0 radical (unpaired) electrons. The van der Waals surface area contributed by atoms with Crippen LogP contribution in [-0.4, -0.2) is 22.6 Å². The van der Waals surface area contributed by atoms with Crippen molar-refractivity contribution in [3.63, 3.8) is 0 Å². The fourth-order valence-electron chi connectivity index (χ4n) is 3.17. The second-order valence-corrected chi connectivity index (χ2v) is 10.5. The third-order valence-electron chi connectivity index (χ3n) is 4.67. The molecule has 9 heteroatoms. The largest absolute Gasteiger partial charge is 0.506 e. The van der Waals surface area contributed by atoms with E-state index >= 15 is 0 Å². The third kappa shape index (κ3) is 8.81. The lowest BCUT2D eigenvalue weighted by Crippen LogP contribution is -2.32. The summed E-state index contributed by atoms with van der Waals surface area (Å²) in [6.45, 7) is 10.6. The SMILES string of the molecule is CC(C)(C)CC(=O)c1ccc(OCc2ccc(CNC(=O)OC(C)(C)C)cc2)c(C(F)(F)F)c1O. The van der Waals surface area contributed by atoms with Crippen LogP contribution in [0.4, 0.5) is 18.0 Å². The topological polar surface area (TPSA) is 84.9 Å². The van der Waals surface area contributed by atoms with Crippen LogP contribution in [0.3, 0.4) is 0 Å². The van der Waals surface area contributed by atoms with E-state index in [1.165, 1.54) is 0 Å². The minimum Gasteiger partial charge on any atom is -0.506 e. The van der Waals surface area contributed by atoms with Gasteiger partial charge in [-0.15, -0.1) is 0 Å². The summed E-state index contributed by atoms with van der Waals surface area (Å²) < 4.78 is 51.7. The number of alkyl carbamates (subject to hydrolysis) is 1. The number of benzene rings is 2. The normalized spacial score (nSPS) is 12.3. The van der Waals surface area contributed by atoms with E-state index in [2.05, 4.69) is 5.32 Å². The molecule has 35 heavy (non-hydrogen) atoms. The number of ether oxygens (including phenoxy) is 2. The van der Waals surface area contributed by atoms with E-state index in [1.807, 2.05) is 0 Å². The quantitative estimate of drug-likeness (QED) is 0.421. The van der Waals surface area contributed by atoms with E-state index in [1.54, 1.807) is 65.8 Å². The first kappa shape index (κ1) is 28.0. The van der Waals surface area contributed by atoms with E-state index in [9.17, 15) is 27.9 Å². The number of amides is 1. The lowest BCUT2D eigenvalue weighted by atomic mass is 9.87. The summed E-state index contributed by atoms with van der Waals surface area (Å²) in [6.07, 6.45) is -5.50. The van der Waals surface area contributed by atoms with Crippen molar-refractivity contribution in [1.82, 2.24) is 5.32 Å². The molecule has 0 saturated carbocycles. The van der Waals surface area contributed by atoms with E-state index in [-0.39, 0.29) is 25.1 Å². The molecule has 1 amide bonds. The summed E-state index contributed by atoms with van der Waals surface area (Å²) in [5.74, 6) is -2.28. The van der Waals surface area contributed by atoms with Gasteiger partial charge in [-0.3, -0.25) is 4.79 Å². The molecule has 2 aromatic carbocycles. The van der Waals surface area contributed by atoms with Crippen molar-refractivity contribution in [2.75, 3.05) is 0 Å². The van der Waals surface area contributed by atoms with Crippen LogP contribution in [-0.2, 0) is 24.1 Å². The van der Waals surface area contributed by atoms with E-state index in [0.29, 0.717) is 5.56 Å². The van der Waals surface area contributed by atoms with Gasteiger partial charge in [-0.25, -0.2) is 4.79 Å². The molecule has 0 atom stereocenters. The molecule has 0 unspecified atom stereocenters. The number of carbonyl (C=O) groups is 2. The molecule has 0 aliphatic carbocycles. The van der Waals surface area contributed by atoms with Crippen molar-refractivity contribution >= 4 is 11.9 Å². The van der Waals surface area contributed by atoms with Gasteiger partial charge in [0.2, 0.25) is 0 Å². The van der Waals surface area contributed by atoms with Crippen LogP contribution in [0.25, 0.3) is 0 Å². The van der Waals surface area contributed by atoms with Crippen molar-refractivity contribution < 1.29 is 37.3 Å². The highest BCUT2D eigenvalue weighted by Crippen LogP contribution is 2.44.